The van der Waals surface area contributed by atoms with Gasteiger partial charge in [0.2, 0.25) is 21.8 Å². The average Bonchev–Trinajstić information content (AvgIpc) is 2.70. The van der Waals surface area contributed by atoms with Crippen molar-refractivity contribution in [3.8, 4) is 0 Å². The third-order valence-electron chi connectivity index (χ3n) is 6.43. The molecule has 172 valence electrons. The highest BCUT2D eigenvalue weighted by atomic mass is 32.2. The number of benzene rings is 1. The van der Waals surface area contributed by atoms with E-state index in [1.54, 1.807) is 13.8 Å². The summed E-state index contributed by atoms with van der Waals surface area (Å²) in [7, 11) is -3.62. The number of carbonyl (C=O) groups is 2. The first kappa shape index (κ1) is 23.7. The molecule has 7 nitrogen and oxygen atoms in total. The lowest BCUT2D eigenvalue weighted by atomic mass is 9.90. The number of hydrogen-bond acceptors (Lipinski definition) is 4. The molecule has 1 saturated heterocycles. The second kappa shape index (κ2) is 9.28. The fourth-order valence-corrected chi connectivity index (χ4v) is 6.20. The first-order valence-electron chi connectivity index (χ1n) is 11.3. The van der Waals surface area contributed by atoms with Gasteiger partial charge in [-0.1, -0.05) is 38.3 Å². The van der Waals surface area contributed by atoms with Gasteiger partial charge in [-0.2, -0.15) is 4.31 Å². The zero-order chi connectivity index (χ0) is 22.8. The molecule has 1 saturated carbocycles. The van der Waals surface area contributed by atoms with Crippen molar-refractivity contribution in [1.82, 2.24) is 9.62 Å². The molecule has 0 bridgehead atoms. The third kappa shape index (κ3) is 4.95. The van der Waals surface area contributed by atoms with Gasteiger partial charge >= 0.3 is 0 Å². The van der Waals surface area contributed by atoms with Gasteiger partial charge in [0.1, 0.15) is 5.54 Å². The monoisotopic (exact) mass is 449 g/mol. The maximum Gasteiger partial charge on any atom is 0.247 e. The van der Waals surface area contributed by atoms with Gasteiger partial charge < -0.3 is 5.32 Å². The fraction of sp³-hybridized carbons (Fsp3) is 0.652. The van der Waals surface area contributed by atoms with Gasteiger partial charge in [0, 0.05) is 18.3 Å². The Morgan fingerprint density at radius 1 is 1.19 bits per heavy atom. The Morgan fingerprint density at radius 2 is 1.87 bits per heavy atom. The van der Waals surface area contributed by atoms with Crippen LogP contribution in [0.25, 0.3) is 0 Å². The second-order valence-corrected chi connectivity index (χ2v) is 11.3. The van der Waals surface area contributed by atoms with Crippen LogP contribution in [-0.2, 0) is 19.6 Å². The lowest BCUT2D eigenvalue weighted by Gasteiger charge is -2.47. The SMILES string of the molecule is CCCS(=O)(=O)N1CC(=O)N(c2cc(C)ccc2C)[C@@](C)(C(=O)NC2CCCCC2)C1. The number of amides is 2. The molecule has 1 aliphatic heterocycles. The van der Waals surface area contributed by atoms with Gasteiger partial charge in [0.25, 0.3) is 0 Å². The van der Waals surface area contributed by atoms with Crippen LogP contribution in [0.5, 0.6) is 0 Å². The normalized spacial score (nSPS) is 23.7. The molecule has 1 N–H and O–H groups in total. The predicted octanol–water partition coefficient (Wildman–Crippen LogP) is 2.90. The summed E-state index contributed by atoms with van der Waals surface area (Å²) in [5.41, 5.74) is 1.19. The topological polar surface area (TPSA) is 86.8 Å². The van der Waals surface area contributed by atoms with E-state index in [0.717, 1.165) is 36.8 Å². The molecule has 2 fully saturated rings. The number of nitrogens with one attached hydrogen (secondary N) is 1. The smallest absolute Gasteiger partial charge is 0.247 e. The standard InChI is InChI=1S/C23H35N3O4S/c1-5-13-31(29,30)25-15-21(27)26(20-14-17(2)11-12-18(20)3)23(4,16-25)22(28)24-19-9-7-6-8-10-19/h11-12,14,19H,5-10,13,15-16H2,1-4H3,(H,24,28)/t23-/m1/s1. The van der Waals surface area contributed by atoms with Crippen LogP contribution in [-0.4, -0.2) is 55.0 Å². The summed E-state index contributed by atoms with van der Waals surface area (Å²) in [6.45, 7) is 7.03. The number of piperazine rings is 1. The molecule has 0 unspecified atom stereocenters. The van der Waals surface area contributed by atoms with E-state index in [2.05, 4.69) is 5.32 Å². The molecule has 1 aromatic carbocycles. The van der Waals surface area contributed by atoms with Gasteiger partial charge in [-0.15, -0.1) is 0 Å². The minimum absolute atomic E-state index is 0.0376. The zero-order valence-corrected chi connectivity index (χ0v) is 19.9. The van der Waals surface area contributed by atoms with Crippen molar-refractivity contribution in [3.05, 3.63) is 29.3 Å². The van der Waals surface area contributed by atoms with E-state index in [1.807, 2.05) is 32.0 Å². The molecule has 1 aliphatic carbocycles. The largest absolute Gasteiger partial charge is 0.351 e. The molecular weight excluding hydrogens is 414 g/mol. The number of carbonyl (C=O) groups excluding carboxylic acids is 2. The molecule has 1 heterocycles. The van der Waals surface area contributed by atoms with Crippen LogP contribution in [0.3, 0.4) is 0 Å². The molecule has 2 aliphatic rings. The van der Waals surface area contributed by atoms with Crippen molar-refractivity contribution in [3.63, 3.8) is 0 Å². The van der Waals surface area contributed by atoms with Gasteiger partial charge in [-0.3, -0.25) is 14.5 Å². The van der Waals surface area contributed by atoms with E-state index in [1.165, 1.54) is 15.6 Å². The summed E-state index contributed by atoms with van der Waals surface area (Å²) in [5.74, 6) is -0.699. The Kier molecular flexibility index (Phi) is 7.11. The molecule has 0 spiro atoms. The molecular formula is C23H35N3O4S. The van der Waals surface area contributed by atoms with Crippen molar-refractivity contribution in [2.24, 2.45) is 0 Å². The highest BCUT2D eigenvalue weighted by Gasteiger charge is 2.51. The van der Waals surface area contributed by atoms with Crippen molar-refractivity contribution in [2.75, 3.05) is 23.7 Å². The van der Waals surface area contributed by atoms with E-state index in [9.17, 15) is 18.0 Å². The summed E-state index contributed by atoms with van der Waals surface area (Å²) in [4.78, 5) is 28.5. The van der Waals surface area contributed by atoms with Crippen molar-refractivity contribution in [2.45, 2.75) is 77.8 Å². The summed E-state index contributed by atoms with van der Waals surface area (Å²) in [6.07, 6.45) is 5.59. The number of hydrogen-bond donors (Lipinski definition) is 1. The predicted molar refractivity (Wildman–Crippen MR) is 122 cm³/mol. The summed E-state index contributed by atoms with van der Waals surface area (Å²) >= 11 is 0. The molecule has 1 atom stereocenters. The summed E-state index contributed by atoms with van der Waals surface area (Å²) in [6, 6.07) is 5.86. The average molecular weight is 450 g/mol. The van der Waals surface area contributed by atoms with E-state index in [4.69, 9.17) is 0 Å². The highest BCUT2D eigenvalue weighted by Crippen LogP contribution is 2.34. The van der Waals surface area contributed by atoms with E-state index >= 15 is 0 Å². The molecule has 0 radical (unpaired) electrons. The molecule has 8 heteroatoms. The maximum atomic E-state index is 13.6. The number of anilines is 1. The maximum absolute atomic E-state index is 13.6. The van der Waals surface area contributed by atoms with Crippen LogP contribution in [0.1, 0.15) is 63.5 Å². The van der Waals surface area contributed by atoms with Crippen LogP contribution in [0, 0.1) is 13.8 Å². The fourth-order valence-electron chi connectivity index (χ4n) is 4.67. The number of nitrogens with zero attached hydrogens (tertiary/aromatic N) is 2. The van der Waals surface area contributed by atoms with Gasteiger partial charge in [-0.05, 0) is 57.2 Å². The van der Waals surface area contributed by atoms with Gasteiger partial charge in [0.05, 0.1) is 12.3 Å². The van der Waals surface area contributed by atoms with Crippen LogP contribution in [0.4, 0.5) is 5.69 Å². The van der Waals surface area contributed by atoms with Crippen LogP contribution in [0.15, 0.2) is 18.2 Å². The number of aryl methyl sites for hydroxylation is 2. The molecule has 31 heavy (non-hydrogen) atoms. The van der Waals surface area contributed by atoms with Crippen molar-refractivity contribution >= 4 is 27.5 Å². The Balaban J connectivity index is 2.02. The highest BCUT2D eigenvalue weighted by molar-refractivity contribution is 7.89. The van der Waals surface area contributed by atoms with E-state index in [0.29, 0.717) is 12.1 Å². The Hall–Kier alpha value is -1.93. The van der Waals surface area contributed by atoms with Crippen LogP contribution >= 0.6 is 0 Å². The van der Waals surface area contributed by atoms with Crippen molar-refractivity contribution < 1.29 is 18.0 Å². The third-order valence-corrected chi connectivity index (χ3v) is 8.40. The zero-order valence-electron chi connectivity index (χ0n) is 19.1. The Morgan fingerprint density at radius 3 is 2.52 bits per heavy atom. The molecule has 3 rings (SSSR count). The molecule has 2 amide bonds. The van der Waals surface area contributed by atoms with Gasteiger partial charge in [-0.25, -0.2) is 8.42 Å². The Labute approximate surface area is 186 Å². The van der Waals surface area contributed by atoms with Crippen molar-refractivity contribution in [1.29, 1.82) is 0 Å². The van der Waals surface area contributed by atoms with Gasteiger partial charge in [0.15, 0.2) is 0 Å². The first-order valence-corrected chi connectivity index (χ1v) is 12.9. The number of rotatable bonds is 6. The summed E-state index contributed by atoms with van der Waals surface area (Å²) < 4.78 is 26.8. The van der Waals surface area contributed by atoms with Crippen LogP contribution < -0.4 is 10.2 Å². The van der Waals surface area contributed by atoms with E-state index in [-0.39, 0.29) is 36.7 Å². The minimum atomic E-state index is -3.62. The Bertz CT molecular complexity index is 940. The molecule has 1 aromatic rings. The first-order chi connectivity index (χ1) is 14.6. The lowest BCUT2D eigenvalue weighted by Crippen LogP contribution is -2.71. The minimum Gasteiger partial charge on any atom is -0.351 e. The summed E-state index contributed by atoms with van der Waals surface area (Å²) in [5, 5.41) is 3.13. The number of sulfonamides is 1. The lowest BCUT2D eigenvalue weighted by molar-refractivity contribution is -0.133. The quantitative estimate of drug-likeness (QED) is 0.723. The second-order valence-electron chi connectivity index (χ2n) is 9.19. The van der Waals surface area contributed by atoms with E-state index < -0.39 is 15.6 Å². The molecule has 0 aromatic heterocycles. The van der Waals surface area contributed by atoms with Crippen LogP contribution in [0.2, 0.25) is 0 Å².